The molecule has 3 fully saturated rings. The SMILES string of the molecule is CCN(C(=O)O)[C@@H]1CN(C(=O)C2CCN(C(=O)C3CCC3)CC2)C[C@H]1c1ccc(Cl)cc1. The zero-order valence-electron chi connectivity index (χ0n) is 18.6. The Kier molecular flexibility index (Phi) is 6.93. The van der Waals surface area contributed by atoms with Gasteiger partial charge in [0.25, 0.3) is 0 Å². The summed E-state index contributed by atoms with van der Waals surface area (Å²) in [6.45, 7) is 4.36. The van der Waals surface area contributed by atoms with Crippen molar-refractivity contribution in [1.29, 1.82) is 0 Å². The minimum Gasteiger partial charge on any atom is -0.465 e. The van der Waals surface area contributed by atoms with Crippen LogP contribution in [0.15, 0.2) is 24.3 Å². The van der Waals surface area contributed by atoms with Crippen molar-refractivity contribution < 1.29 is 19.5 Å². The number of carbonyl (C=O) groups is 3. The van der Waals surface area contributed by atoms with Gasteiger partial charge in [-0.15, -0.1) is 0 Å². The molecule has 2 heterocycles. The lowest BCUT2D eigenvalue weighted by Gasteiger charge is -2.37. The second-order valence-electron chi connectivity index (χ2n) is 9.26. The largest absolute Gasteiger partial charge is 0.465 e. The highest BCUT2D eigenvalue weighted by Crippen LogP contribution is 2.35. The molecule has 2 saturated heterocycles. The molecule has 2 atom stereocenters. The van der Waals surface area contributed by atoms with E-state index in [-0.39, 0.29) is 35.6 Å². The van der Waals surface area contributed by atoms with Crippen LogP contribution < -0.4 is 0 Å². The van der Waals surface area contributed by atoms with Crippen molar-refractivity contribution in [3.05, 3.63) is 34.9 Å². The molecule has 2 aliphatic heterocycles. The second-order valence-corrected chi connectivity index (χ2v) is 9.70. The standard InChI is InChI=1S/C24H32ClN3O4/c1-2-28(24(31)32)21-15-27(14-20(21)16-6-8-19(25)9-7-16)23(30)18-10-12-26(13-11-18)22(29)17-4-3-5-17/h6-9,17-18,20-21H,2-5,10-15H2,1H3,(H,31,32)/t20-,21+/m0/s1. The van der Waals surface area contributed by atoms with Crippen molar-refractivity contribution >= 4 is 29.5 Å². The first-order valence-electron chi connectivity index (χ1n) is 11.7. The lowest BCUT2D eigenvalue weighted by atomic mass is 9.83. The van der Waals surface area contributed by atoms with Gasteiger partial charge >= 0.3 is 6.09 Å². The van der Waals surface area contributed by atoms with Crippen molar-refractivity contribution in [3.8, 4) is 0 Å². The number of piperidine rings is 1. The van der Waals surface area contributed by atoms with Crippen LogP contribution in [0.25, 0.3) is 0 Å². The van der Waals surface area contributed by atoms with E-state index < -0.39 is 6.09 Å². The molecule has 3 amide bonds. The molecule has 32 heavy (non-hydrogen) atoms. The van der Waals surface area contributed by atoms with E-state index in [9.17, 15) is 19.5 Å². The molecular weight excluding hydrogens is 430 g/mol. The van der Waals surface area contributed by atoms with E-state index in [2.05, 4.69) is 0 Å². The highest BCUT2D eigenvalue weighted by molar-refractivity contribution is 6.30. The monoisotopic (exact) mass is 461 g/mol. The number of likely N-dealkylation sites (tertiary alicyclic amines) is 2. The number of carbonyl (C=O) groups excluding carboxylic acids is 2. The number of nitrogens with zero attached hydrogens (tertiary/aromatic N) is 3. The summed E-state index contributed by atoms with van der Waals surface area (Å²) in [5.41, 5.74) is 0.996. The van der Waals surface area contributed by atoms with Gasteiger partial charge in [-0.05, 0) is 50.3 Å². The van der Waals surface area contributed by atoms with Gasteiger partial charge in [0.2, 0.25) is 11.8 Å². The molecule has 0 bridgehead atoms. The Labute approximate surface area is 194 Å². The lowest BCUT2D eigenvalue weighted by Crippen LogP contribution is -2.47. The fourth-order valence-electron chi connectivity index (χ4n) is 5.35. The molecule has 1 aromatic carbocycles. The summed E-state index contributed by atoms with van der Waals surface area (Å²) in [4.78, 5) is 43.0. The molecule has 8 heteroatoms. The third-order valence-corrected chi connectivity index (χ3v) is 7.75. The molecule has 3 aliphatic rings. The Morgan fingerprint density at radius 2 is 1.56 bits per heavy atom. The van der Waals surface area contributed by atoms with Crippen LogP contribution in [0.2, 0.25) is 5.02 Å². The Balaban J connectivity index is 1.43. The average Bonchev–Trinajstić information content (AvgIpc) is 3.18. The maximum atomic E-state index is 13.4. The lowest BCUT2D eigenvalue weighted by molar-refractivity contribution is -0.143. The predicted molar refractivity (Wildman–Crippen MR) is 122 cm³/mol. The number of likely N-dealkylation sites (N-methyl/N-ethyl adjacent to an activating group) is 1. The summed E-state index contributed by atoms with van der Waals surface area (Å²) in [5.74, 6) is 0.338. The van der Waals surface area contributed by atoms with Crippen LogP contribution in [0.4, 0.5) is 4.79 Å². The average molecular weight is 462 g/mol. The van der Waals surface area contributed by atoms with Crippen LogP contribution in [-0.2, 0) is 9.59 Å². The predicted octanol–water partition coefficient (Wildman–Crippen LogP) is 3.67. The van der Waals surface area contributed by atoms with Crippen LogP contribution in [0.1, 0.15) is 50.5 Å². The highest BCUT2D eigenvalue weighted by Gasteiger charge is 2.43. The maximum absolute atomic E-state index is 13.4. The summed E-state index contributed by atoms with van der Waals surface area (Å²) >= 11 is 6.05. The Morgan fingerprint density at radius 3 is 2.09 bits per heavy atom. The molecule has 7 nitrogen and oxygen atoms in total. The third kappa shape index (κ3) is 4.58. The number of halogens is 1. The summed E-state index contributed by atoms with van der Waals surface area (Å²) < 4.78 is 0. The number of hydrogen-bond donors (Lipinski definition) is 1. The fraction of sp³-hybridized carbons (Fsp3) is 0.625. The first-order valence-corrected chi connectivity index (χ1v) is 12.1. The van der Waals surface area contributed by atoms with E-state index >= 15 is 0 Å². The van der Waals surface area contributed by atoms with Gasteiger partial charge in [0.15, 0.2) is 0 Å². The summed E-state index contributed by atoms with van der Waals surface area (Å²) in [5, 5.41) is 10.4. The number of amides is 3. The molecule has 174 valence electrons. The molecule has 1 saturated carbocycles. The normalized spacial score (nSPS) is 24.3. The third-order valence-electron chi connectivity index (χ3n) is 7.50. The molecule has 0 spiro atoms. The zero-order valence-corrected chi connectivity index (χ0v) is 19.3. The molecule has 1 aromatic rings. The number of benzene rings is 1. The van der Waals surface area contributed by atoms with Gasteiger partial charge in [0.05, 0.1) is 6.04 Å². The van der Waals surface area contributed by atoms with Gasteiger partial charge < -0.3 is 19.8 Å². The molecule has 0 unspecified atom stereocenters. The smallest absolute Gasteiger partial charge is 0.407 e. The number of hydrogen-bond acceptors (Lipinski definition) is 3. The number of rotatable bonds is 5. The van der Waals surface area contributed by atoms with E-state index in [1.54, 1.807) is 0 Å². The minimum absolute atomic E-state index is 0.0867. The van der Waals surface area contributed by atoms with E-state index in [0.29, 0.717) is 50.6 Å². The van der Waals surface area contributed by atoms with Crippen molar-refractivity contribution in [1.82, 2.24) is 14.7 Å². The molecule has 0 radical (unpaired) electrons. The molecule has 1 aliphatic carbocycles. The number of carboxylic acid groups (broad SMARTS) is 1. The van der Waals surface area contributed by atoms with Gasteiger partial charge in [0.1, 0.15) is 0 Å². The van der Waals surface area contributed by atoms with Crippen LogP contribution in [0.5, 0.6) is 0 Å². The van der Waals surface area contributed by atoms with E-state index in [1.165, 1.54) is 4.90 Å². The summed E-state index contributed by atoms with van der Waals surface area (Å²) in [6, 6.07) is 7.18. The van der Waals surface area contributed by atoms with E-state index in [1.807, 2.05) is 41.0 Å². The zero-order chi connectivity index (χ0) is 22.8. The fourth-order valence-corrected chi connectivity index (χ4v) is 5.48. The van der Waals surface area contributed by atoms with E-state index in [4.69, 9.17) is 11.6 Å². The first-order chi connectivity index (χ1) is 15.4. The van der Waals surface area contributed by atoms with Gasteiger partial charge in [-0.3, -0.25) is 9.59 Å². The quantitative estimate of drug-likeness (QED) is 0.725. The summed E-state index contributed by atoms with van der Waals surface area (Å²) in [7, 11) is 0. The second kappa shape index (κ2) is 9.69. The van der Waals surface area contributed by atoms with Crippen LogP contribution >= 0.6 is 11.6 Å². The molecule has 0 aromatic heterocycles. The van der Waals surface area contributed by atoms with Crippen LogP contribution in [0.3, 0.4) is 0 Å². The van der Waals surface area contributed by atoms with Crippen molar-refractivity contribution in [2.75, 3.05) is 32.7 Å². The van der Waals surface area contributed by atoms with Crippen LogP contribution in [0, 0.1) is 11.8 Å². The topological polar surface area (TPSA) is 81.2 Å². The van der Waals surface area contributed by atoms with Gasteiger partial charge in [-0.1, -0.05) is 30.2 Å². The van der Waals surface area contributed by atoms with Gasteiger partial charge in [0, 0.05) is 55.5 Å². The van der Waals surface area contributed by atoms with E-state index in [0.717, 1.165) is 24.8 Å². The van der Waals surface area contributed by atoms with Crippen molar-refractivity contribution in [2.24, 2.45) is 11.8 Å². The minimum atomic E-state index is -0.964. The summed E-state index contributed by atoms with van der Waals surface area (Å²) in [6.07, 6.45) is 3.53. The van der Waals surface area contributed by atoms with Crippen molar-refractivity contribution in [2.45, 2.75) is 51.0 Å². The Morgan fingerprint density at radius 1 is 0.969 bits per heavy atom. The highest BCUT2D eigenvalue weighted by atomic mass is 35.5. The molecule has 4 rings (SSSR count). The van der Waals surface area contributed by atoms with Crippen molar-refractivity contribution in [3.63, 3.8) is 0 Å². The van der Waals surface area contributed by atoms with Gasteiger partial charge in [-0.25, -0.2) is 4.79 Å². The Bertz CT molecular complexity index is 849. The Hall–Kier alpha value is -2.28. The van der Waals surface area contributed by atoms with Crippen LogP contribution in [-0.4, -0.2) is 76.5 Å². The molecular formula is C24H32ClN3O4. The van der Waals surface area contributed by atoms with Gasteiger partial charge in [-0.2, -0.15) is 0 Å². The molecule has 1 N–H and O–H groups in total. The first kappa shape index (κ1) is 22.9. The maximum Gasteiger partial charge on any atom is 0.407 e.